The van der Waals surface area contributed by atoms with Crippen LogP contribution in [0.15, 0.2) is 35.3 Å². The van der Waals surface area contributed by atoms with E-state index in [0.29, 0.717) is 12.1 Å². The second-order valence-electron chi connectivity index (χ2n) is 6.37. The maximum absolute atomic E-state index is 4.89. The molecule has 3 atom stereocenters. The molecule has 0 aliphatic carbocycles. The molecular weight excluding hydrogens is 278 g/mol. The van der Waals surface area contributed by atoms with E-state index in [0.717, 1.165) is 11.8 Å². The van der Waals surface area contributed by atoms with Crippen molar-refractivity contribution in [3.63, 3.8) is 0 Å². The predicted molar refractivity (Wildman–Crippen MR) is 89.8 cm³/mol. The first kappa shape index (κ1) is 13.6. The van der Waals surface area contributed by atoms with Gasteiger partial charge in [-0.05, 0) is 37.8 Å². The van der Waals surface area contributed by atoms with Crippen molar-refractivity contribution in [2.75, 3.05) is 18.8 Å². The minimum Gasteiger partial charge on any atom is -0.362 e. The Morgan fingerprint density at radius 3 is 2.95 bits per heavy atom. The molecule has 3 unspecified atom stereocenters. The van der Waals surface area contributed by atoms with Crippen LogP contribution in [0.25, 0.3) is 0 Å². The number of rotatable bonds is 2. The summed E-state index contributed by atoms with van der Waals surface area (Å²) in [6.45, 7) is 2.59. The Morgan fingerprint density at radius 2 is 2.05 bits per heavy atom. The van der Waals surface area contributed by atoms with E-state index in [4.69, 9.17) is 4.99 Å². The summed E-state index contributed by atoms with van der Waals surface area (Å²) >= 11 is 1.89. The standard InChI is InChI=1S/C17H23N3S/c1-2-5-13(6-3-1)16-12-21-17(19-16)18-14-8-10-20-9-4-7-15(20)11-14/h1-3,5-6,14-16H,4,7-12H2,(H,18,19). The van der Waals surface area contributed by atoms with Gasteiger partial charge in [0.2, 0.25) is 0 Å². The lowest BCUT2D eigenvalue weighted by Gasteiger charge is -2.35. The van der Waals surface area contributed by atoms with E-state index in [2.05, 4.69) is 40.5 Å². The lowest BCUT2D eigenvalue weighted by Crippen LogP contribution is -2.46. The summed E-state index contributed by atoms with van der Waals surface area (Å²) in [7, 11) is 0. The van der Waals surface area contributed by atoms with Gasteiger partial charge in [0.1, 0.15) is 0 Å². The molecule has 21 heavy (non-hydrogen) atoms. The highest BCUT2D eigenvalue weighted by Gasteiger charge is 2.32. The molecular formula is C17H23N3S. The van der Waals surface area contributed by atoms with Crippen molar-refractivity contribution in [2.24, 2.45) is 4.99 Å². The number of piperidine rings is 1. The highest BCUT2D eigenvalue weighted by Crippen LogP contribution is 2.31. The molecule has 0 saturated carbocycles. The Labute approximate surface area is 131 Å². The third kappa shape index (κ3) is 2.97. The van der Waals surface area contributed by atoms with E-state index in [1.807, 2.05) is 11.8 Å². The van der Waals surface area contributed by atoms with E-state index in [1.165, 1.54) is 49.5 Å². The van der Waals surface area contributed by atoms with Crippen molar-refractivity contribution in [1.29, 1.82) is 0 Å². The van der Waals surface area contributed by atoms with Gasteiger partial charge in [0, 0.05) is 24.4 Å². The van der Waals surface area contributed by atoms with Crippen molar-refractivity contribution in [3.05, 3.63) is 35.9 Å². The zero-order valence-corrected chi connectivity index (χ0v) is 13.2. The molecule has 4 rings (SSSR count). The molecule has 0 bridgehead atoms. The summed E-state index contributed by atoms with van der Waals surface area (Å²) < 4.78 is 0. The molecule has 1 aromatic rings. The van der Waals surface area contributed by atoms with Crippen LogP contribution in [0.1, 0.15) is 37.3 Å². The molecule has 3 nitrogen and oxygen atoms in total. The van der Waals surface area contributed by atoms with Crippen LogP contribution in [-0.2, 0) is 0 Å². The van der Waals surface area contributed by atoms with Gasteiger partial charge in [0.05, 0.1) is 6.04 Å². The highest BCUT2D eigenvalue weighted by molar-refractivity contribution is 8.14. The average Bonchev–Trinajstić information content (AvgIpc) is 3.17. The number of nitrogens with zero attached hydrogens (tertiary/aromatic N) is 2. The molecule has 0 spiro atoms. The second kappa shape index (κ2) is 6.01. The molecule has 1 aromatic carbocycles. The number of fused-ring (bicyclic) bond motifs is 1. The second-order valence-corrected chi connectivity index (χ2v) is 7.38. The van der Waals surface area contributed by atoms with Gasteiger partial charge in [-0.2, -0.15) is 0 Å². The lowest BCUT2D eigenvalue weighted by atomic mass is 9.98. The van der Waals surface area contributed by atoms with Gasteiger partial charge in [0.15, 0.2) is 5.17 Å². The molecule has 0 amide bonds. The van der Waals surface area contributed by atoms with Crippen LogP contribution < -0.4 is 5.32 Å². The predicted octanol–water partition coefficient (Wildman–Crippen LogP) is 3.05. The van der Waals surface area contributed by atoms with Crippen molar-refractivity contribution < 1.29 is 0 Å². The molecule has 2 fully saturated rings. The number of amidine groups is 1. The largest absolute Gasteiger partial charge is 0.362 e. The fourth-order valence-electron chi connectivity index (χ4n) is 3.83. The third-order valence-corrected chi connectivity index (χ3v) is 5.96. The number of hydrogen-bond acceptors (Lipinski definition) is 4. The Balaban J connectivity index is 1.37. The number of aliphatic imine (C=N–C) groups is 1. The van der Waals surface area contributed by atoms with Crippen LogP contribution in [0, 0.1) is 0 Å². The van der Waals surface area contributed by atoms with Gasteiger partial charge in [-0.15, -0.1) is 0 Å². The highest BCUT2D eigenvalue weighted by atomic mass is 32.2. The Bertz CT molecular complexity index is 516. The monoisotopic (exact) mass is 301 g/mol. The maximum atomic E-state index is 4.89. The first-order valence-electron chi connectivity index (χ1n) is 8.14. The Morgan fingerprint density at radius 1 is 1.14 bits per heavy atom. The van der Waals surface area contributed by atoms with Gasteiger partial charge < -0.3 is 10.2 Å². The van der Waals surface area contributed by atoms with E-state index < -0.39 is 0 Å². The van der Waals surface area contributed by atoms with Gasteiger partial charge in [-0.1, -0.05) is 42.1 Å². The summed E-state index contributed by atoms with van der Waals surface area (Å²) in [5.74, 6) is 1.08. The Kier molecular flexibility index (Phi) is 3.91. The summed E-state index contributed by atoms with van der Waals surface area (Å²) in [6.07, 6.45) is 5.36. The zero-order valence-electron chi connectivity index (χ0n) is 12.4. The van der Waals surface area contributed by atoms with E-state index in [1.54, 1.807) is 0 Å². The first-order valence-corrected chi connectivity index (χ1v) is 9.13. The minimum atomic E-state index is 0.338. The summed E-state index contributed by atoms with van der Waals surface area (Å²) in [5, 5.41) is 4.88. The molecule has 4 heteroatoms. The van der Waals surface area contributed by atoms with E-state index in [9.17, 15) is 0 Å². The SMILES string of the molecule is c1ccc(C2CSC(NC3CCN4CCCC4C3)=N2)cc1. The molecule has 0 aromatic heterocycles. The molecule has 112 valence electrons. The van der Waals surface area contributed by atoms with Gasteiger partial charge in [0.25, 0.3) is 0 Å². The van der Waals surface area contributed by atoms with Crippen molar-refractivity contribution in [1.82, 2.24) is 10.2 Å². The molecule has 0 radical (unpaired) electrons. The molecule has 3 heterocycles. The molecule has 3 aliphatic rings. The molecule has 1 N–H and O–H groups in total. The van der Waals surface area contributed by atoms with Crippen LogP contribution in [-0.4, -0.2) is 41.0 Å². The molecule has 2 saturated heterocycles. The number of nitrogens with one attached hydrogen (secondary N) is 1. The average molecular weight is 301 g/mol. The van der Waals surface area contributed by atoms with Crippen LogP contribution in [0.2, 0.25) is 0 Å². The number of hydrogen-bond donors (Lipinski definition) is 1. The van der Waals surface area contributed by atoms with Crippen LogP contribution in [0.3, 0.4) is 0 Å². The minimum absolute atomic E-state index is 0.338. The van der Waals surface area contributed by atoms with Crippen molar-refractivity contribution in [3.8, 4) is 0 Å². The van der Waals surface area contributed by atoms with Crippen molar-refractivity contribution in [2.45, 2.75) is 43.8 Å². The van der Waals surface area contributed by atoms with Gasteiger partial charge >= 0.3 is 0 Å². The maximum Gasteiger partial charge on any atom is 0.157 e. The van der Waals surface area contributed by atoms with Gasteiger partial charge in [-0.3, -0.25) is 4.99 Å². The summed E-state index contributed by atoms with van der Waals surface area (Å²) in [4.78, 5) is 7.57. The smallest absolute Gasteiger partial charge is 0.157 e. The van der Waals surface area contributed by atoms with Gasteiger partial charge in [-0.25, -0.2) is 0 Å². The molecule has 3 aliphatic heterocycles. The third-order valence-electron chi connectivity index (χ3n) is 4.98. The summed E-state index contributed by atoms with van der Waals surface area (Å²) in [5.41, 5.74) is 1.34. The topological polar surface area (TPSA) is 27.6 Å². The van der Waals surface area contributed by atoms with E-state index >= 15 is 0 Å². The van der Waals surface area contributed by atoms with Crippen LogP contribution in [0.5, 0.6) is 0 Å². The van der Waals surface area contributed by atoms with Crippen molar-refractivity contribution >= 4 is 16.9 Å². The van der Waals surface area contributed by atoms with E-state index in [-0.39, 0.29) is 0 Å². The number of benzene rings is 1. The summed E-state index contributed by atoms with van der Waals surface area (Å²) in [6, 6.07) is 12.5. The Hall–Kier alpha value is -1.00. The fourth-order valence-corrected chi connectivity index (χ4v) is 4.86. The van der Waals surface area contributed by atoms with Crippen LogP contribution in [0.4, 0.5) is 0 Å². The zero-order chi connectivity index (χ0) is 14.1. The first-order chi connectivity index (χ1) is 10.4. The van der Waals surface area contributed by atoms with Crippen LogP contribution >= 0.6 is 11.8 Å². The lowest BCUT2D eigenvalue weighted by molar-refractivity contribution is 0.175. The fraction of sp³-hybridized carbons (Fsp3) is 0.588. The number of thioether (sulfide) groups is 1. The quantitative estimate of drug-likeness (QED) is 0.910. The normalized spacial score (nSPS) is 32.8.